The molecule has 1 aliphatic carbocycles. The van der Waals surface area contributed by atoms with Crippen LogP contribution < -0.4 is 10.6 Å². The van der Waals surface area contributed by atoms with Gasteiger partial charge < -0.3 is 19.5 Å². The van der Waals surface area contributed by atoms with Crippen LogP contribution in [-0.4, -0.2) is 23.8 Å². The summed E-state index contributed by atoms with van der Waals surface area (Å²) in [5, 5.41) is 6.64. The van der Waals surface area contributed by atoms with Crippen molar-refractivity contribution >= 4 is 45.4 Å². The van der Waals surface area contributed by atoms with Crippen LogP contribution in [0.4, 0.5) is 0 Å². The second-order valence-electron chi connectivity index (χ2n) is 9.92. The van der Waals surface area contributed by atoms with E-state index in [0.29, 0.717) is 33.7 Å². The minimum absolute atomic E-state index is 0.161. The standard InChI is InChI=1S/C31H26IN3O4/c1-17-4-5-21(29(36)35-31(12-13-31)26-16-38-18(2)34-26)15-23(17)20-8-11-25-24(14-20)27(30(37)33-3)28(39-25)19-6-9-22(32)10-7-19/h4-11,14-16H,12-13H2,1-3H3,(H,33,37)(H,35,36). The van der Waals surface area contributed by atoms with E-state index in [2.05, 4.69) is 38.2 Å². The SMILES string of the molecule is CNC(=O)c1c(-c2ccc(I)cc2)oc2ccc(-c3cc(C(=O)NC4(c5coc(C)n5)CC4)ccc3C)cc12. The first-order valence-corrected chi connectivity index (χ1v) is 13.8. The first-order valence-electron chi connectivity index (χ1n) is 12.7. The Labute approximate surface area is 239 Å². The second kappa shape index (κ2) is 9.68. The van der Waals surface area contributed by atoms with Crippen LogP contribution in [-0.2, 0) is 5.54 Å². The Hall–Kier alpha value is -3.92. The van der Waals surface area contributed by atoms with Gasteiger partial charge in [0.2, 0.25) is 0 Å². The number of hydrogen-bond acceptors (Lipinski definition) is 5. The number of aromatic nitrogens is 1. The minimum atomic E-state index is -0.468. The number of oxazole rings is 1. The monoisotopic (exact) mass is 631 g/mol. The van der Waals surface area contributed by atoms with E-state index in [-0.39, 0.29) is 11.8 Å². The van der Waals surface area contributed by atoms with Gasteiger partial charge in [-0.2, -0.15) is 0 Å². The Balaban J connectivity index is 1.38. The van der Waals surface area contributed by atoms with Gasteiger partial charge in [0.25, 0.3) is 11.8 Å². The molecular weight excluding hydrogens is 605 g/mol. The Kier molecular flexibility index (Phi) is 6.29. The molecule has 2 N–H and O–H groups in total. The Morgan fingerprint density at radius 1 is 0.949 bits per heavy atom. The third kappa shape index (κ3) is 4.63. The van der Waals surface area contributed by atoms with Gasteiger partial charge in [-0.3, -0.25) is 9.59 Å². The number of halogens is 1. The summed E-state index contributed by atoms with van der Waals surface area (Å²) in [5.41, 5.74) is 5.60. The maximum absolute atomic E-state index is 13.3. The average Bonchev–Trinajstić information content (AvgIpc) is 3.40. The van der Waals surface area contributed by atoms with Gasteiger partial charge in [-0.1, -0.05) is 24.3 Å². The molecule has 5 aromatic rings. The third-order valence-corrected chi connectivity index (χ3v) is 7.99. The molecule has 3 aromatic carbocycles. The van der Waals surface area contributed by atoms with Crippen molar-refractivity contribution < 1.29 is 18.4 Å². The van der Waals surface area contributed by atoms with Crippen LogP contribution in [0.2, 0.25) is 0 Å². The molecule has 0 aliphatic heterocycles. The van der Waals surface area contributed by atoms with E-state index >= 15 is 0 Å². The highest BCUT2D eigenvalue weighted by Crippen LogP contribution is 2.45. The van der Waals surface area contributed by atoms with Crippen molar-refractivity contribution in [2.75, 3.05) is 7.05 Å². The number of amides is 2. The van der Waals surface area contributed by atoms with Crippen LogP contribution in [0, 0.1) is 17.4 Å². The van der Waals surface area contributed by atoms with Crippen molar-refractivity contribution in [2.45, 2.75) is 32.2 Å². The summed E-state index contributed by atoms with van der Waals surface area (Å²) in [6, 6.07) is 19.3. The smallest absolute Gasteiger partial charge is 0.255 e. The zero-order valence-corrected chi connectivity index (χ0v) is 23.9. The first-order chi connectivity index (χ1) is 18.8. The van der Waals surface area contributed by atoms with E-state index in [4.69, 9.17) is 8.83 Å². The number of aryl methyl sites for hydroxylation is 2. The fraction of sp³-hybridized carbons (Fsp3) is 0.194. The number of fused-ring (bicyclic) bond motifs is 1. The van der Waals surface area contributed by atoms with Crippen molar-refractivity contribution in [2.24, 2.45) is 0 Å². The normalized spacial score (nSPS) is 13.8. The van der Waals surface area contributed by atoms with Gasteiger partial charge in [0.1, 0.15) is 23.3 Å². The highest BCUT2D eigenvalue weighted by Gasteiger charge is 2.48. The van der Waals surface area contributed by atoms with Gasteiger partial charge in [0.15, 0.2) is 5.89 Å². The summed E-state index contributed by atoms with van der Waals surface area (Å²) < 4.78 is 12.7. The Bertz CT molecular complexity index is 1750. The third-order valence-electron chi connectivity index (χ3n) is 7.27. The fourth-order valence-electron chi connectivity index (χ4n) is 4.94. The van der Waals surface area contributed by atoms with Gasteiger partial charge in [0, 0.05) is 34.1 Å². The highest BCUT2D eigenvalue weighted by atomic mass is 127. The zero-order valence-electron chi connectivity index (χ0n) is 21.7. The molecular formula is C31H26IN3O4. The van der Waals surface area contributed by atoms with E-state index in [1.54, 1.807) is 20.2 Å². The number of benzene rings is 3. The van der Waals surface area contributed by atoms with Gasteiger partial charge in [0.05, 0.1) is 11.1 Å². The van der Waals surface area contributed by atoms with Gasteiger partial charge >= 0.3 is 0 Å². The lowest BCUT2D eigenvalue weighted by atomic mass is 9.95. The molecule has 39 heavy (non-hydrogen) atoms. The summed E-state index contributed by atoms with van der Waals surface area (Å²) in [6.07, 6.45) is 3.27. The predicted molar refractivity (Wildman–Crippen MR) is 158 cm³/mol. The van der Waals surface area contributed by atoms with Crippen LogP contribution >= 0.6 is 22.6 Å². The van der Waals surface area contributed by atoms with Crippen LogP contribution in [0.15, 0.2) is 75.8 Å². The van der Waals surface area contributed by atoms with E-state index in [1.807, 2.05) is 67.6 Å². The van der Waals surface area contributed by atoms with Crippen LogP contribution in [0.5, 0.6) is 0 Å². The number of nitrogens with one attached hydrogen (secondary N) is 2. The zero-order chi connectivity index (χ0) is 27.3. The molecule has 2 aromatic heterocycles. The molecule has 0 bridgehead atoms. The Morgan fingerprint density at radius 3 is 2.36 bits per heavy atom. The summed E-state index contributed by atoms with van der Waals surface area (Å²) in [5.74, 6) is 0.729. The van der Waals surface area contributed by atoms with Gasteiger partial charge in [-0.15, -0.1) is 0 Å². The number of rotatable bonds is 6. The van der Waals surface area contributed by atoms with E-state index in [0.717, 1.165) is 44.4 Å². The molecule has 0 spiro atoms. The lowest BCUT2D eigenvalue weighted by Crippen LogP contribution is -2.35. The molecule has 1 aliphatic rings. The lowest BCUT2D eigenvalue weighted by molar-refractivity contribution is 0.0928. The van der Waals surface area contributed by atoms with E-state index < -0.39 is 5.54 Å². The van der Waals surface area contributed by atoms with Crippen LogP contribution in [0.1, 0.15) is 50.7 Å². The second-order valence-corrected chi connectivity index (χ2v) is 11.2. The predicted octanol–water partition coefficient (Wildman–Crippen LogP) is 6.75. The van der Waals surface area contributed by atoms with E-state index in [1.165, 1.54) is 0 Å². The summed E-state index contributed by atoms with van der Waals surface area (Å²) in [6.45, 7) is 3.80. The summed E-state index contributed by atoms with van der Waals surface area (Å²) >= 11 is 2.25. The molecule has 0 atom stereocenters. The van der Waals surface area contributed by atoms with Crippen molar-refractivity contribution in [1.82, 2.24) is 15.6 Å². The molecule has 2 heterocycles. The van der Waals surface area contributed by atoms with E-state index in [9.17, 15) is 9.59 Å². The van der Waals surface area contributed by atoms with Gasteiger partial charge in [-0.25, -0.2) is 4.98 Å². The molecule has 0 unspecified atom stereocenters. The molecule has 8 heteroatoms. The molecule has 2 amide bonds. The van der Waals surface area contributed by atoms with Gasteiger partial charge in [-0.05, 0) is 95.4 Å². The number of nitrogens with zero attached hydrogens (tertiary/aromatic N) is 1. The largest absolute Gasteiger partial charge is 0.455 e. The molecule has 1 fully saturated rings. The van der Waals surface area contributed by atoms with Crippen molar-refractivity contribution in [1.29, 1.82) is 0 Å². The average molecular weight is 631 g/mol. The van der Waals surface area contributed by atoms with Crippen molar-refractivity contribution in [3.05, 3.63) is 98.8 Å². The Morgan fingerprint density at radius 2 is 1.69 bits per heavy atom. The molecule has 6 rings (SSSR count). The topological polar surface area (TPSA) is 97.4 Å². The molecule has 0 saturated heterocycles. The lowest BCUT2D eigenvalue weighted by Gasteiger charge is -2.16. The summed E-state index contributed by atoms with van der Waals surface area (Å²) in [7, 11) is 1.61. The van der Waals surface area contributed by atoms with Crippen LogP contribution in [0.3, 0.4) is 0 Å². The quantitative estimate of drug-likeness (QED) is 0.202. The molecule has 1 saturated carbocycles. The highest BCUT2D eigenvalue weighted by molar-refractivity contribution is 14.1. The molecule has 0 radical (unpaired) electrons. The maximum Gasteiger partial charge on any atom is 0.255 e. The number of furan rings is 1. The minimum Gasteiger partial charge on any atom is -0.455 e. The number of carbonyl (C=O) groups excluding carboxylic acids is 2. The molecule has 196 valence electrons. The van der Waals surface area contributed by atoms with Crippen molar-refractivity contribution in [3.8, 4) is 22.5 Å². The summed E-state index contributed by atoms with van der Waals surface area (Å²) in [4.78, 5) is 30.8. The number of hydrogen-bond donors (Lipinski definition) is 2. The fourth-order valence-corrected chi connectivity index (χ4v) is 5.30. The first kappa shape index (κ1) is 25.4. The van der Waals surface area contributed by atoms with Crippen molar-refractivity contribution in [3.63, 3.8) is 0 Å². The maximum atomic E-state index is 13.3. The van der Waals surface area contributed by atoms with Crippen LogP contribution in [0.25, 0.3) is 33.4 Å². The molecule has 7 nitrogen and oxygen atoms in total. The number of carbonyl (C=O) groups is 2.